The van der Waals surface area contributed by atoms with Gasteiger partial charge >= 0.3 is 0 Å². The molecular weight excluding hydrogens is 949 g/mol. The first-order valence-corrected chi connectivity index (χ1v) is 25.2. The predicted octanol–water partition coefficient (Wildman–Crippen LogP) is 1.69. The second kappa shape index (κ2) is 62.2. The standard InChI is InChI=1S/C37H69N5O14.C7H15NO4.2C2H6/c1-3-4-5-37(45)42(2)10-6-36(44)40-9-13-47-15-17-49-19-21-51-23-25-53-27-29-55-31-33-56-32-30-54-28-26-52-24-22-50-20-18-48-16-14-46-12-8-39-34-35(41-38)7-11-43;9-6-2-4-12-7(5-6)1-3-8(10)11;2*1-2/h3-5,34,43H,1,6-33,38H2,2H3,(H,40,44);6-7,9-11H,1-5H2;2*1-2H3/b5-4-,39-34?,41-35-;;;. The average molecular weight is 1050 g/mol. The third-order valence-electron chi connectivity index (χ3n) is 8.84. The molecule has 0 bridgehead atoms. The number of hydrogen-bond acceptors (Lipinski definition) is 22. The molecule has 0 aromatic carbocycles. The number of aliphatic hydroxyl groups is 2. The second-order valence-corrected chi connectivity index (χ2v) is 14.4. The van der Waals surface area contributed by atoms with Crippen LogP contribution in [0.4, 0.5) is 0 Å². The summed E-state index contributed by atoms with van der Waals surface area (Å²) >= 11 is 0. The Morgan fingerprint density at radius 2 is 1.10 bits per heavy atom. The Morgan fingerprint density at radius 1 is 0.681 bits per heavy atom. The lowest BCUT2D eigenvalue weighted by atomic mass is 10.0. The number of aliphatic hydroxyl groups excluding tert-OH is 2. The molecule has 0 spiro atoms. The topological polar surface area (TPSA) is 295 Å². The molecule has 0 aliphatic carbocycles. The zero-order valence-electron chi connectivity index (χ0n) is 44.4. The first-order chi connectivity index (χ1) is 35.2. The lowest BCUT2D eigenvalue weighted by Gasteiger charge is -2.26. The van der Waals surface area contributed by atoms with Gasteiger partial charge in [-0.3, -0.25) is 25.0 Å². The van der Waals surface area contributed by atoms with E-state index in [0.29, 0.717) is 203 Å². The molecule has 426 valence electrons. The first-order valence-electron chi connectivity index (χ1n) is 25.2. The summed E-state index contributed by atoms with van der Waals surface area (Å²) in [4.78, 5) is 29.2. The number of rotatable bonds is 47. The van der Waals surface area contributed by atoms with Crippen molar-refractivity contribution in [3.63, 3.8) is 0 Å². The number of likely N-dealkylation sites (N-methyl/N-ethyl adjacent to an activating group) is 1. The van der Waals surface area contributed by atoms with E-state index in [9.17, 15) is 14.7 Å². The lowest BCUT2D eigenvalue weighted by molar-refractivity contribution is -0.309. The molecule has 0 aromatic rings. The number of nitrogens with two attached hydrogens (primary N) is 1. The summed E-state index contributed by atoms with van der Waals surface area (Å²) in [6.07, 6.45) is 8.08. The van der Waals surface area contributed by atoms with Gasteiger partial charge in [0.2, 0.25) is 11.8 Å². The molecule has 0 saturated carbocycles. The summed E-state index contributed by atoms with van der Waals surface area (Å²) < 4.78 is 65.4. The van der Waals surface area contributed by atoms with Gasteiger partial charge in [0.15, 0.2) is 0 Å². The highest BCUT2D eigenvalue weighted by Crippen LogP contribution is 2.16. The molecule has 72 heavy (non-hydrogen) atoms. The van der Waals surface area contributed by atoms with Crippen LogP contribution in [0.15, 0.2) is 34.9 Å². The van der Waals surface area contributed by atoms with E-state index in [-0.39, 0.29) is 48.8 Å². The fourth-order valence-corrected chi connectivity index (χ4v) is 5.19. The Bertz CT molecular complexity index is 1240. The van der Waals surface area contributed by atoms with Crippen molar-refractivity contribution in [1.29, 1.82) is 0 Å². The van der Waals surface area contributed by atoms with Gasteiger partial charge in [-0.2, -0.15) is 5.10 Å². The SMILES string of the molecule is C=C/C=C\C(=O)N(C)CCC(=O)NCCOCCOCCOCCOCCOCCOCCOCCOCCOCCOCCOCCN=C/C(CCO)=N\N.CC.CC.OC1CCOC(CCN(O)O)C1. The molecule has 1 rings (SSSR count). The number of aliphatic imine (C=N–C) groups is 1. The number of ether oxygens (including phenoxy) is 12. The molecule has 2 amide bonds. The van der Waals surface area contributed by atoms with Crippen LogP contribution in [0, 0.1) is 0 Å². The van der Waals surface area contributed by atoms with Crippen LogP contribution in [0.1, 0.15) is 59.8 Å². The van der Waals surface area contributed by atoms with Gasteiger partial charge in [-0.1, -0.05) is 51.7 Å². The van der Waals surface area contributed by atoms with Crippen molar-refractivity contribution in [1.82, 2.24) is 15.4 Å². The van der Waals surface area contributed by atoms with Crippen molar-refractivity contribution < 1.29 is 87.1 Å². The smallest absolute Gasteiger partial charge is 0.246 e. The molecule has 1 fully saturated rings. The van der Waals surface area contributed by atoms with Crippen molar-refractivity contribution in [3.05, 3.63) is 24.8 Å². The van der Waals surface area contributed by atoms with Gasteiger partial charge in [-0.25, -0.2) is 0 Å². The van der Waals surface area contributed by atoms with Crippen LogP contribution in [-0.2, 0) is 66.4 Å². The Kier molecular flexibility index (Phi) is 63.1. The third-order valence-corrected chi connectivity index (χ3v) is 8.84. The van der Waals surface area contributed by atoms with E-state index < -0.39 is 0 Å². The zero-order valence-corrected chi connectivity index (χ0v) is 44.4. The summed E-state index contributed by atoms with van der Waals surface area (Å²) in [7, 11) is 1.64. The number of amides is 2. The van der Waals surface area contributed by atoms with Crippen LogP contribution in [0.3, 0.4) is 0 Å². The van der Waals surface area contributed by atoms with Gasteiger partial charge in [0, 0.05) is 58.5 Å². The van der Waals surface area contributed by atoms with Gasteiger partial charge in [-0.15, -0.1) is 0 Å². The van der Waals surface area contributed by atoms with Gasteiger partial charge in [0.25, 0.3) is 0 Å². The van der Waals surface area contributed by atoms with Crippen LogP contribution < -0.4 is 11.2 Å². The lowest BCUT2D eigenvalue weighted by Crippen LogP contribution is -2.33. The third kappa shape index (κ3) is 57.8. The molecule has 1 aliphatic heterocycles. The number of hydrogen-bond donors (Lipinski definition) is 6. The Hall–Kier alpha value is -3.12. The van der Waals surface area contributed by atoms with Gasteiger partial charge < -0.3 is 83.1 Å². The minimum atomic E-state index is -0.297. The summed E-state index contributed by atoms with van der Waals surface area (Å²) in [6.45, 7) is 23.6. The number of nitrogens with zero attached hydrogens (tertiary/aromatic N) is 4. The van der Waals surface area contributed by atoms with Crippen molar-refractivity contribution in [3.8, 4) is 0 Å². The summed E-state index contributed by atoms with van der Waals surface area (Å²) in [5, 5.41) is 41.3. The minimum Gasteiger partial charge on any atom is -0.396 e. The van der Waals surface area contributed by atoms with Crippen molar-refractivity contribution >= 4 is 23.7 Å². The Balaban J connectivity index is -0.00000253. The second-order valence-electron chi connectivity index (χ2n) is 14.4. The maximum absolute atomic E-state index is 11.9. The zero-order chi connectivity index (χ0) is 53.8. The largest absolute Gasteiger partial charge is 0.396 e. The molecule has 2 atom stereocenters. The van der Waals surface area contributed by atoms with Crippen LogP contribution >= 0.6 is 0 Å². The van der Waals surface area contributed by atoms with Gasteiger partial charge in [0.05, 0.1) is 176 Å². The van der Waals surface area contributed by atoms with Crippen LogP contribution in [0.2, 0.25) is 0 Å². The molecule has 2 unspecified atom stereocenters. The maximum Gasteiger partial charge on any atom is 0.246 e. The number of nitrogens with one attached hydrogen (secondary N) is 1. The van der Waals surface area contributed by atoms with Crippen molar-refractivity contribution in [2.75, 3.05) is 192 Å². The maximum atomic E-state index is 11.9. The van der Waals surface area contributed by atoms with Crippen LogP contribution in [-0.4, -0.2) is 258 Å². The number of carbonyl (C=O) groups is 2. The predicted molar refractivity (Wildman–Crippen MR) is 273 cm³/mol. The number of hydrazone groups is 1. The van der Waals surface area contributed by atoms with Crippen molar-refractivity contribution in [2.45, 2.75) is 72.0 Å². The average Bonchev–Trinajstić information content (AvgIpc) is 3.39. The molecule has 24 nitrogen and oxygen atoms in total. The van der Waals surface area contributed by atoms with E-state index in [1.807, 2.05) is 27.7 Å². The molecule has 7 N–H and O–H groups in total. The number of hydroxylamine groups is 2. The fraction of sp³-hybridized carbons (Fsp3) is 0.833. The number of carbonyl (C=O) groups excluding carboxylic acids is 2. The first kappa shape index (κ1) is 73.1. The molecule has 1 saturated heterocycles. The summed E-state index contributed by atoms with van der Waals surface area (Å²) in [5.74, 6) is 4.87. The van der Waals surface area contributed by atoms with Gasteiger partial charge in [-0.05, 0) is 19.3 Å². The van der Waals surface area contributed by atoms with E-state index in [2.05, 4.69) is 22.0 Å². The highest BCUT2D eigenvalue weighted by atomic mass is 16.8. The molecule has 1 aliphatic rings. The van der Waals surface area contributed by atoms with Crippen LogP contribution in [0.25, 0.3) is 0 Å². The Morgan fingerprint density at radius 3 is 1.47 bits per heavy atom. The molecule has 24 heteroatoms. The van der Waals surface area contributed by atoms with E-state index in [4.69, 9.17) is 78.2 Å². The van der Waals surface area contributed by atoms with E-state index in [1.165, 1.54) is 17.1 Å². The summed E-state index contributed by atoms with van der Waals surface area (Å²) in [5.41, 5.74) is 0.542. The van der Waals surface area contributed by atoms with E-state index in [0.717, 1.165) is 0 Å². The van der Waals surface area contributed by atoms with Crippen molar-refractivity contribution in [2.24, 2.45) is 15.9 Å². The van der Waals surface area contributed by atoms with E-state index >= 15 is 0 Å². The molecule has 0 aromatic heterocycles. The quantitative estimate of drug-likeness (QED) is 0.0126. The highest BCUT2D eigenvalue weighted by molar-refractivity contribution is 6.30. The molecule has 0 radical (unpaired) electrons. The van der Waals surface area contributed by atoms with Crippen LogP contribution in [0.5, 0.6) is 0 Å². The molecule has 1 heterocycles. The minimum absolute atomic E-state index is 0.0205. The summed E-state index contributed by atoms with van der Waals surface area (Å²) in [6, 6.07) is 0. The molecular formula is C48H96N6O18. The monoisotopic (exact) mass is 1040 g/mol. The highest BCUT2D eigenvalue weighted by Gasteiger charge is 2.20. The van der Waals surface area contributed by atoms with Gasteiger partial charge in [0.1, 0.15) is 0 Å². The Labute approximate surface area is 429 Å². The number of allylic oxidation sites excluding steroid dienone is 2. The fourth-order valence-electron chi connectivity index (χ4n) is 5.19. The van der Waals surface area contributed by atoms with E-state index in [1.54, 1.807) is 19.3 Å². The normalized spacial score (nSPS) is 14.6.